The summed E-state index contributed by atoms with van der Waals surface area (Å²) in [6.07, 6.45) is 0.869. The second kappa shape index (κ2) is 7.95. The van der Waals surface area contributed by atoms with Crippen LogP contribution in [0.25, 0.3) is 0 Å². The number of fused-ring (bicyclic) bond motifs is 1. The number of amides is 1. The second-order valence-corrected chi connectivity index (χ2v) is 6.99. The summed E-state index contributed by atoms with van der Waals surface area (Å²) in [4.78, 5) is 38.9. The topological polar surface area (TPSA) is 82.1 Å². The van der Waals surface area contributed by atoms with E-state index in [2.05, 4.69) is 0 Å². The lowest BCUT2D eigenvalue weighted by molar-refractivity contribution is -0.147. The number of benzene rings is 2. The van der Waals surface area contributed by atoms with Crippen LogP contribution in [0.15, 0.2) is 42.5 Å². The number of hydrogen-bond donors (Lipinski definition) is 0. The lowest BCUT2D eigenvalue weighted by atomic mass is 10.1. The molecule has 0 N–H and O–H groups in total. The monoisotopic (exact) mass is 395 g/mol. The molecule has 0 unspecified atom stereocenters. The molecule has 1 amide bonds. The number of nitrogens with zero attached hydrogens (tertiary/aromatic N) is 1. The highest BCUT2D eigenvalue weighted by Gasteiger charge is 2.37. The molecule has 0 aromatic heterocycles. The molecule has 1 atom stereocenters. The zero-order chi connectivity index (χ0) is 20.4. The van der Waals surface area contributed by atoms with Gasteiger partial charge in [0.1, 0.15) is 0 Å². The predicted octanol–water partition coefficient (Wildman–Crippen LogP) is 2.76. The Kier molecular flexibility index (Phi) is 5.20. The molecule has 7 heteroatoms. The minimum absolute atomic E-state index is 0.0785. The van der Waals surface area contributed by atoms with E-state index in [9.17, 15) is 14.4 Å². The number of ether oxygens (including phenoxy) is 3. The maximum Gasteiger partial charge on any atom is 0.311 e. The molecule has 0 aliphatic carbocycles. The molecule has 0 radical (unpaired) electrons. The van der Waals surface area contributed by atoms with E-state index in [0.717, 1.165) is 17.7 Å². The van der Waals surface area contributed by atoms with Gasteiger partial charge < -0.3 is 19.1 Å². The SMILES string of the molecule is CCc1ccccc1N1C[C@H](C(=O)OCC(=O)c2ccc3c(c2)OCO3)CC1=O. The minimum atomic E-state index is -0.586. The van der Waals surface area contributed by atoms with Crippen LogP contribution in [0.1, 0.15) is 29.3 Å². The number of Topliss-reactive ketones (excluding diaryl/α,β-unsaturated/α-hetero) is 1. The van der Waals surface area contributed by atoms with Crippen LogP contribution < -0.4 is 14.4 Å². The highest BCUT2D eigenvalue weighted by molar-refractivity contribution is 6.01. The number of carbonyl (C=O) groups is 3. The van der Waals surface area contributed by atoms with Crippen LogP contribution >= 0.6 is 0 Å². The molecule has 1 saturated heterocycles. The van der Waals surface area contributed by atoms with E-state index in [1.165, 1.54) is 0 Å². The fraction of sp³-hybridized carbons (Fsp3) is 0.318. The Hall–Kier alpha value is -3.35. The fourth-order valence-corrected chi connectivity index (χ4v) is 3.58. The van der Waals surface area contributed by atoms with Gasteiger partial charge in [-0.1, -0.05) is 25.1 Å². The zero-order valence-corrected chi connectivity index (χ0v) is 16.1. The Bertz CT molecular complexity index is 970. The number of carbonyl (C=O) groups excluding carboxylic acids is 3. The van der Waals surface area contributed by atoms with Crippen LogP contribution in [0.2, 0.25) is 0 Å². The Morgan fingerprint density at radius 2 is 1.93 bits per heavy atom. The molecule has 0 spiro atoms. The third kappa shape index (κ3) is 3.81. The average Bonchev–Trinajstić information content (AvgIpc) is 3.37. The Morgan fingerprint density at radius 1 is 1.14 bits per heavy atom. The molecule has 150 valence electrons. The average molecular weight is 395 g/mol. The number of aryl methyl sites for hydroxylation is 1. The van der Waals surface area contributed by atoms with Gasteiger partial charge in [-0.25, -0.2) is 0 Å². The summed E-state index contributed by atoms with van der Waals surface area (Å²) in [5.41, 5.74) is 2.25. The van der Waals surface area contributed by atoms with Crippen molar-refractivity contribution >= 4 is 23.3 Å². The molecule has 2 heterocycles. The van der Waals surface area contributed by atoms with Gasteiger partial charge in [-0.05, 0) is 36.2 Å². The first kappa shape index (κ1) is 19.0. The Balaban J connectivity index is 1.37. The number of anilines is 1. The molecule has 7 nitrogen and oxygen atoms in total. The van der Waals surface area contributed by atoms with Gasteiger partial charge in [-0.3, -0.25) is 14.4 Å². The maximum absolute atomic E-state index is 12.5. The first-order valence-corrected chi connectivity index (χ1v) is 9.54. The molecule has 0 saturated carbocycles. The number of para-hydroxylation sites is 1. The van der Waals surface area contributed by atoms with Gasteiger partial charge in [-0.15, -0.1) is 0 Å². The molecule has 2 aliphatic rings. The Morgan fingerprint density at radius 3 is 2.76 bits per heavy atom. The van der Waals surface area contributed by atoms with E-state index in [4.69, 9.17) is 14.2 Å². The highest BCUT2D eigenvalue weighted by atomic mass is 16.7. The summed E-state index contributed by atoms with van der Waals surface area (Å²) in [6.45, 7) is 2.02. The Labute approximate surface area is 168 Å². The maximum atomic E-state index is 12.5. The van der Waals surface area contributed by atoms with Gasteiger partial charge in [0.25, 0.3) is 0 Å². The molecule has 1 fully saturated rings. The first-order valence-electron chi connectivity index (χ1n) is 9.54. The van der Waals surface area contributed by atoms with Gasteiger partial charge >= 0.3 is 5.97 Å². The van der Waals surface area contributed by atoms with Crippen molar-refractivity contribution in [1.29, 1.82) is 0 Å². The lowest BCUT2D eigenvalue weighted by Gasteiger charge is -2.19. The van der Waals surface area contributed by atoms with Crippen molar-refractivity contribution in [2.45, 2.75) is 19.8 Å². The van der Waals surface area contributed by atoms with E-state index < -0.39 is 11.9 Å². The minimum Gasteiger partial charge on any atom is -0.457 e. The normalized spacial score (nSPS) is 17.5. The number of rotatable bonds is 6. The van der Waals surface area contributed by atoms with Crippen LogP contribution in [0.5, 0.6) is 11.5 Å². The van der Waals surface area contributed by atoms with E-state index in [0.29, 0.717) is 17.1 Å². The van der Waals surface area contributed by atoms with Crippen molar-refractivity contribution in [1.82, 2.24) is 0 Å². The molecule has 2 aromatic rings. The van der Waals surface area contributed by atoms with Gasteiger partial charge in [-0.2, -0.15) is 0 Å². The molecule has 4 rings (SSSR count). The second-order valence-electron chi connectivity index (χ2n) is 6.99. The number of hydrogen-bond acceptors (Lipinski definition) is 6. The van der Waals surface area contributed by atoms with E-state index in [1.807, 2.05) is 31.2 Å². The smallest absolute Gasteiger partial charge is 0.311 e. The zero-order valence-electron chi connectivity index (χ0n) is 16.1. The quantitative estimate of drug-likeness (QED) is 0.553. The third-order valence-electron chi connectivity index (χ3n) is 5.16. The van der Waals surface area contributed by atoms with Crippen molar-refractivity contribution in [3.8, 4) is 11.5 Å². The van der Waals surface area contributed by atoms with Crippen LogP contribution in [-0.4, -0.2) is 37.6 Å². The van der Waals surface area contributed by atoms with Gasteiger partial charge in [0.2, 0.25) is 12.7 Å². The summed E-state index contributed by atoms with van der Waals surface area (Å²) in [7, 11) is 0. The number of ketones is 1. The van der Waals surface area contributed by atoms with Crippen molar-refractivity contribution in [2.75, 3.05) is 24.8 Å². The van der Waals surface area contributed by atoms with Gasteiger partial charge in [0, 0.05) is 24.2 Å². The molecular formula is C22H21NO6. The summed E-state index contributed by atoms with van der Waals surface area (Å²) >= 11 is 0. The number of esters is 1. The fourth-order valence-electron chi connectivity index (χ4n) is 3.58. The van der Waals surface area contributed by atoms with E-state index >= 15 is 0 Å². The molecular weight excluding hydrogens is 374 g/mol. The highest BCUT2D eigenvalue weighted by Crippen LogP contribution is 2.33. The molecule has 29 heavy (non-hydrogen) atoms. The third-order valence-corrected chi connectivity index (χ3v) is 5.16. The lowest BCUT2D eigenvalue weighted by Crippen LogP contribution is -2.28. The van der Waals surface area contributed by atoms with Crippen LogP contribution in [0.4, 0.5) is 5.69 Å². The predicted molar refractivity (Wildman–Crippen MR) is 104 cm³/mol. The standard InChI is InChI=1S/C22H21NO6/c1-2-14-5-3-4-6-17(14)23-11-16(10-21(23)25)22(26)27-12-18(24)15-7-8-19-20(9-15)29-13-28-19/h3-9,16H,2,10-13H2,1H3/t16-/m1/s1. The van der Waals surface area contributed by atoms with Crippen LogP contribution in [-0.2, 0) is 20.7 Å². The summed E-state index contributed by atoms with van der Waals surface area (Å²) in [5, 5.41) is 0. The molecule has 0 bridgehead atoms. The van der Waals surface area contributed by atoms with Crippen molar-refractivity contribution in [3.05, 3.63) is 53.6 Å². The first-order chi connectivity index (χ1) is 14.1. The van der Waals surface area contributed by atoms with Crippen molar-refractivity contribution in [2.24, 2.45) is 5.92 Å². The van der Waals surface area contributed by atoms with Crippen molar-refractivity contribution < 1.29 is 28.6 Å². The summed E-state index contributed by atoms with van der Waals surface area (Å²) < 4.78 is 15.7. The van der Waals surface area contributed by atoms with Crippen molar-refractivity contribution in [3.63, 3.8) is 0 Å². The summed E-state index contributed by atoms with van der Waals surface area (Å²) in [6, 6.07) is 12.5. The van der Waals surface area contributed by atoms with Crippen LogP contribution in [0, 0.1) is 5.92 Å². The molecule has 2 aromatic carbocycles. The van der Waals surface area contributed by atoms with Gasteiger partial charge in [0.15, 0.2) is 23.9 Å². The van der Waals surface area contributed by atoms with Gasteiger partial charge in [0.05, 0.1) is 5.92 Å². The largest absolute Gasteiger partial charge is 0.457 e. The van der Waals surface area contributed by atoms with E-state index in [-0.39, 0.29) is 38.1 Å². The van der Waals surface area contributed by atoms with Crippen LogP contribution in [0.3, 0.4) is 0 Å². The summed E-state index contributed by atoms with van der Waals surface area (Å²) in [5.74, 6) is -0.505. The molecule has 2 aliphatic heterocycles. The van der Waals surface area contributed by atoms with E-state index in [1.54, 1.807) is 23.1 Å².